The molecule has 4 rings (SSSR count). The number of sulfonamides is 1. The van der Waals surface area contributed by atoms with Gasteiger partial charge in [-0.3, -0.25) is 18.7 Å². The minimum Gasteiger partial charge on any atom is -0.358 e. The summed E-state index contributed by atoms with van der Waals surface area (Å²) in [5.74, 6) is 1.79. The third kappa shape index (κ3) is 24.2. The summed E-state index contributed by atoms with van der Waals surface area (Å²) < 4.78 is 25.6. The zero-order chi connectivity index (χ0) is 43.6. The molecule has 12 heteroatoms. The van der Waals surface area contributed by atoms with Crippen molar-refractivity contribution >= 4 is 56.9 Å². The molecule has 0 aliphatic heterocycles. The zero-order valence-corrected chi connectivity index (χ0v) is 39.2. The van der Waals surface area contributed by atoms with Crippen LogP contribution in [0.4, 0.5) is 5.69 Å². The Hall–Kier alpha value is -3.41. The van der Waals surface area contributed by atoms with Crippen molar-refractivity contribution in [1.82, 2.24) is 16.0 Å². The Morgan fingerprint density at radius 2 is 1.47 bits per heavy atom. The number of nitrogens with zero attached hydrogens (tertiary/aromatic N) is 1. The molecule has 2 atom stereocenters. The highest BCUT2D eigenvalue weighted by Gasteiger charge is 2.22. The van der Waals surface area contributed by atoms with E-state index < -0.39 is 15.9 Å². The first-order chi connectivity index (χ1) is 26.9. The Balaban J connectivity index is 0.00000135. The van der Waals surface area contributed by atoms with E-state index in [0.717, 1.165) is 71.7 Å². The van der Waals surface area contributed by atoms with Crippen LogP contribution in [0.25, 0.3) is 0 Å². The first-order valence-electron chi connectivity index (χ1n) is 20.6. The van der Waals surface area contributed by atoms with E-state index in [2.05, 4.69) is 69.8 Å². The van der Waals surface area contributed by atoms with Gasteiger partial charge in [-0.2, -0.15) is 11.3 Å². The second kappa shape index (κ2) is 29.8. The van der Waals surface area contributed by atoms with Crippen LogP contribution in [0, 0.1) is 17.8 Å². The van der Waals surface area contributed by atoms with Gasteiger partial charge in [0, 0.05) is 35.8 Å². The van der Waals surface area contributed by atoms with Crippen molar-refractivity contribution in [2.75, 3.05) is 24.2 Å². The Morgan fingerprint density at radius 3 is 1.91 bits per heavy atom. The lowest BCUT2D eigenvalue weighted by molar-refractivity contribution is -0.109. The summed E-state index contributed by atoms with van der Waals surface area (Å²) in [6.45, 7) is 22.1. The first kappa shape index (κ1) is 53.6. The molecule has 2 aromatic carbocycles. The molecule has 3 N–H and O–H groups in total. The summed E-state index contributed by atoms with van der Waals surface area (Å²) in [5.41, 5.74) is 2.59. The number of rotatable bonds is 17. The maximum atomic E-state index is 13.4. The van der Waals surface area contributed by atoms with Gasteiger partial charge >= 0.3 is 0 Å². The Bertz CT molecular complexity index is 1650. The number of amides is 3. The molecule has 0 unspecified atom stereocenters. The molecule has 1 aromatic heterocycles. The average Bonchev–Trinajstić information content (AvgIpc) is 3.88. The summed E-state index contributed by atoms with van der Waals surface area (Å²) in [5, 5.41) is 13.3. The van der Waals surface area contributed by atoms with E-state index >= 15 is 0 Å². The third-order valence-electron chi connectivity index (χ3n) is 9.12. The van der Waals surface area contributed by atoms with E-state index in [-0.39, 0.29) is 34.8 Å². The van der Waals surface area contributed by atoms with Crippen molar-refractivity contribution in [2.45, 2.75) is 133 Å². The van der Waals surface area contributed by atoms with Crippen LogP contribution in [0.3, 0.4) is 0 Å². The van der Waals surface area contributed by atoms with Gasteiger partial charge in [0.15, 0.2) is 0 Å². The van der Waals surface area contributed by atoms with E-state index in [4.69, 9.17) is 11.6 Å². The van der Waals surface area contributed by atoms with Crippen LogP contribution in [0.2, 0.25) is 5.02 Å². The maximum absolute atomic E-state index is 13.4. The highest BCUT2D eigenvalue weighted by molar-refractivity contribution is 7.92. The number of hydrogen-bond acceptors (Lipinski definition) is 6. The summed E-state index contributed by atoms with van der Waals surface area (Å²) in [7, 11) is -2.23. The zero-order valence-electron chi connectivity index (χ0n) is 36.8. The minimum absolute atomic E-state index is 0.0894. The van der Waals surface area contributed by atoms with E-state index in [0.29, 0.717) is 11.4 Å². The number of halogens is 1. The number of carbonyl (C=O) groups is 3. The topological polar surface area (TPSA) is 125 Å². The first-order valence-corrected chi connectivity index (χ1v) is 23.8. The lowest BCUT2D eigenvalue weighted by Crippen LogP contribution is -2.37. The molecule has 1 aliphatic carbocycles. The van der Waals surface area contributed by atoms with Gasteiger partial charge in [0.1, 0.15) is 0 Å². The summed E-state index contributed by atoms with van der Waals surface area (Å²) >= 11 is 7.71. The molecule has 3 amide bonds. The van der Waals surface area contributed by atoms with Crippen LogP contribution in [-0.2, 0) is 21.2 Å². The van der Waals surface area contributed by atoms with Gasteiger partial charge in [-0.1, -0.05) is 112 Å². The van der Waals surface area contributed by atoms with Gasteiger partial charge in [-0.05, 0) is 109 Å². The normalized spacial score (nSPS) is 12.8. The van der Waals surface area contributed by atoms with Gasteiger partial charge < -0.3 is 16.0 Å². The van der Waals surface area contributed by atoms with Crippen molar-refractivity contribution in [2.24, 2.45) is 17.8 Å². The van der Waals surface area contributed by atoms with E-state index in [1.165, 1.54) is 50.9 Å². The van der Waals surface area contributed by atoms with Gasteiger partial charge in [-0.15, -0.1) is 0 Å². The molecule has 0 saturated heterocycles. The van der Waals surface area contributed by atoms with Crippen LogP contribution >= 0.6 is 22.9 Å². The van der Waals surface area contributed by atoms with Crippen LogP contribution < -0.4 is 20.3 Å². The largest absolute Gasteiger partial charge is 0.358 e. The molecule has 0 bridgehead atoms. The average molecular weight is 850 g/mol. The molecule has 57 heavy (non-hydrogen) atoms. The van der Waals surface area contributed by atoms with E-state index in [9.17, 15) is 22.8 Å². The quantitative estimate of drug-likeness (QED) is 0.117. The number of anilines is 1. The second-order valence-electron chi connectivity index (χ2n) is 15.0. The molecule has 9 nitrogen and oxygen atoms in total. The fourth-order valence-electron chi connectivity index (χ4n) is 4.56. The molecule has 1 aliphatic rings. The molecule has 0 radical (unpaired) electrons. The maximum Gasteiger partial charge on any atom is 0.251 e. The SMILES string of the molecule is CC.CCC(C)C.CCC(C)C.CCCC[C@H](Cc1ccsc1)NC(=O)c1cc(C(=O)N[C@H](C)c2cccc(Cl)c2)cc(N(C)S(C)(=O)=O)c1.O=CNCC1CC1. The predicted octanol–water partition coefficient (Wildman–Crippen LogP) is 11.1. The molecule has 1 saturated carbocycles. The summed E-state index contributed by atoms with van der Waals surface area (Å²) in [4.78, 5) is 36.3. The number of unbranched alkanes of at least 4 members (excludes halogenated alkanes) is 1. The van der Waals surface area contributed by atoms with Gasteiger partial charge in [0.05, 0.1) is 18.0 Å². The highest BCUT2D eigenvalue weighted by atomic mass is 35.5. The molecule has 1 heterocycles. The van der Waals surface area contributed by atoms with Crippen LogP contribution in [0.5, 0.6) is 0 Å². The van der Waals surface area contributed by atoms with Gasteiger partial charge in [0.2, 0.25) is 16.4 Å². The molecule has 322 valence electrons. The van der Waals surface area contributed by atoms with Crippen molar-refractivity contribution in [3.63, 3.8) is 0 Å². The predicted molar refractivity (Wildman–Crippen MR) is 244 cm³/mol. The molecular weight excluding hydrogens is 776 g/mol. The number of nitrogens with one attached hydrogen (secondary N) is 3. The van der Waals surface area contributed by atoms with Crippen LogP contribution in [-0.4, -0.2) is 52.5 Å². The Morgan fingerprint density at radius 1 is 0.912 bits per heavy atom. The van der Waals surface area contributed by atoms with Gasteiger partial charge in [-0.25, -0.2) is 8.42 Å². The third-order valence-corrected chi connectivity index (χ3v) is 11.3. The minimum atomic E-state index is -3.62. The monoisotopic (exact) mass is 848 g/mol. The summed E-state index contributed by atoms with van der Waals surface area (Å²) in [6.07, 6.45) is 10.5. The second-order valence-corrected chi connectivity index (χ2v) is 18.2. The lowest BCUT2D eigenvalue weighted by atomic mass is 10.0. The van der Waals surface area contributed by atoms with Crippen molar-refractivity contribution in [3.05, 3.63) is 86.6 Å². The van der Waals surface area contributed by atoms with Crippen molar-refractivity contribution in [1.29, 1.82) is 0 Å². The van der Waals surface area contributed by atoms with Gasteiger partial charge in [0.25, 0.3) is 11.8 Å². The fourth-order valence-corrected chi connectivity index (χ4v) is 5.93. The molecule has 1 fully saturated rings. The highest BCUT2D eigenvalue weighted by Crippen LogP contribution is 2.27. The van der Waals surface area contributed by atoms with Crippen molar-refractivity contribution in [3.8, 4) is 0 Å². The Labute approximate surface area is 355 Å². The number of carbonyl (C=O) groups excluding carboxylic acids is 3. The van der Waals surface area contributed by atoms with Crippen LogP contribution in [0.15, 0.2) is 59.3 Å². The number of hydrogen-bond donors (Lipinski definition) is 3. The Kier molecular flexibility index (Phi) is 28.0. The molecular formula is C45H73ClN4O5S2. The number of thiophene rings is 1. The van der Waals surface area contributed by atoms with Crippen LogP contribution in [0.1, 0.15) is 152 Å². The fraction of sp³-hybridized carbons (Fsp3) is 0.578. The molecule has 3 aromatic rings. The summed E-state index contributed by atoms with van der Waals surface area (Å²) in [6, 6.07) is 13.2. The van der Waals surface area contributed by atoms with E-state index in [1.54, 1.807) is 29.5 Å². The van der Waals surface area contributed by atoms with Crippen molar-refractivity contribution < 1.29 is 22.8 Å². The number of benzene rings is 2. The smallest absolute Gasteiger partial charge is 0.251 e. The lowest BCUT2D eigenvalue weighted by Gasteiger charge is -2.21. The standard InChI is InChI=1S/C28H34ClN3O4S2.C5H9NO.2C5H12.C2H6/c1-5-6-10-25(13-20-11-12-37-18-20)31-28(34)23-14-22(16-26(17-23)32(3)38(4,35)36)27(33)30-19(2)21-8-7-9-24(29)15-21;7-4-6-3-5-1-2-5;2*1-4-5(2)3;1-2/h7-9,11-12,14-19,25H,5-6,10,13H2,1-4H3,(H,30,33)(H,31,34);4-5H,1-3H2,(H,6,7);2*5H,4H2,1-3H3;1-2H3/t19-,25-;;;;/m1..../s1. The molecule has 0 spiro atoms. The van der Waals surface area contributed by atoms with E-state index in [1.807, 2.05) is 38.3 Å².